The number of halogens is 2. The monoisotopic (exact) mass is 325 g/mol. The van der Waals surface area contributed by atoms with Gasteiger partial charge >= 0.3 is 0 Å². The Labute approximate surface area is 119 Å². The molecular weight excluding hydrogens is 313 g/mol. The molecule has 0 saturated heterocycles. The lowest BCUT2D eigenvalue weighted by molar-refractivity contribution is 0.454. The number of nitrogens with one attached hydrogen (secondary N) is 1. The quantitative estimate of drug-likeness (QED) is 0.902. The molecule has 4 nitrogen and oxygen atoms in total. The molecule has 1 aromatic carbocycles. The molecular formula is C13H13BrFN3O. The van der Waals surface area contributed by atoms with Crippen LogP contribution in [0.4, 0.5) is 10.3 Å². The summed E-state index contributed by atoms with van der Waals surface area (Å²) >= 11 is 3.30. The molecule has 0 aliphatic heterocycles. The van der Waals surface area contributed by atoms with Crippen LogP contribution in [-0.2, 0) is 0 Å². The largest absolute Gasteiger partial charge is 0.438 e. The fourth-order valence-corrected chi connectivity index (χ4v) is 1.72. The summed E-state index contributed by atoms with van der Waals surface area (Å²) in [7, 11) is 0. The van der Waals surface area contributed by atoms with Gasteiger partial charge in [0, 0.05) is 24.9 Å². The third kappa shape index (κ3) is 3.89. The maximum Gasteiger partial charge on any atom is 0.225 e. The zero-order chi connectivity index (χ0) is 13.7. The minimum Gasteiger partial charge on any atom is -0.438 e. The smallest absolute Gasteiger partial charge is 0.225 e. The maximum atomic E-state index is 13.1. The molecule has 1 heterocycles. The molecule has 0 radical (unpaired) electrons. The van der Waals surface area contributed by atoms with Gasteiger partial charge in [0.05, 0.1) is 4.47 Å². The molecule has 2 rings (SSSR count). The van der Waals surface area contributed by atoms with Crippen molar-refractivity contribution in [2.75, 3.05) is 11.9 Å². The van der Waals surface area contributed by atoms with Gasteiger partial charge in [-0.2, -0.15) is 4.98 Å². The number of hydrogen-bond acceptors (Lipinski definition) is 4. The number of anilines is 1. The third-order valence-corrected chi connectivity index (χ3v) is 2.93. The Bertz CT molecular complexity index is 565. The van der Waals surface area contributed by atoms with Gasteiger partial charge in [0.1, 0.15) is 11.6 Å². The van der Waals surface area contributed by atoms with E-state index in [1.54, 1.807) is 18.3 Å². The first-order chi connectivity index (χ1) is 9.19. The van der Waals surface area contributed by atoms with Gasteiger partial charge in [-0.3, -0.25) is 0 Å². The van der Waals surface area contributed by atoms with Gasteiger partial charge in [-0.25, -0.2) is 9.37 Å². The molecule has 0 aliphatic rings. The van der Waals surface area contributed by atoms with E-state index in [0.717, 1.165) is 13.0 Å². The molecule has 1 aromatic heterocycles. The zero-order valence-electron chi connectivity index (χ0n) is 10.4. The van der Waals surface area contributed by atoms with E-state index in [4.69, 9.17) is 4.74 Å². The van der Waals surface area contributed by atoms with Crippen LogP contribution < -0.4 is 10.1 Å². The second-order valence-corrected chi connectivity index (χ2v) is 4.68. The van der Waals surface area contributed by atoms with Crippen molar-refractivity contribution in [3.8, 4) is 11.6 Å². The van der Waals surface area contributed by atoms with Crippen molar-refractivity contribution in [3.05, 3.63) is 40.8 Å². The lowest BCUT2D eigenvalue weighted by Gasteiger charge is -2.08. The van der Waals surface area contributed by atoms with Gasteiger partial charge in [0.25, 0.3) is 0 Å². The van der Waals surface area contributed by atoms with Gasteiger partial charge < -0.3 is 10.1 Å². The summed E-state index contributed by atoms with van der Waals surface area (Å²) in [6.07, 6.45) is 2.57. The van der Waals surface area contributed by atoms with Crippen LogP contribution in [0.1, 0.15) is 13.3 Å². The van der Waals surface area contributed by atoms with Crippen LogP contribution in [0.15, 0.2) is 34.9 Å². The van der Waals surface area contributed by atoms with Gasteiger partial charge in [-0.15, -0.1) is 0 Å². The summed E-state index contributed by atoms with van der Waals surface area (Å²) in [5.74, 6) is 0.864. The second-order valence-electron chi connectivity index (χ2n) is 3.82. The SMILES string of the molecule is CCCNc1nccc(Oc2cc(F)ccc2Br)n1. The number of benzene rings is 1. The Kier molecular flexibility index (Phi) is 4.68. The minimum atomic E-state index is -0.364. The number of hydrogen-bond donors (Lipinski definition) is 1. The van der Waals surface area contributed by atoms with Crippen molar-refractivity contribution >= 4 is 21.9 Å². The first-order valence-electron chi connectivity index (χ1n) is 5.89. The summed E-state index contributed by atoms with van der Waals surface area (Å²) in [5, 5.41) is 3.06. The van der Waals surface area contributed by atoms with Crippen molar-refractivity contribution in [1.29, 1.82) is 0 Å². The van der Waals surface area contributed by atoms with Gasteiger partial charge in [0.15, 0.2) is 0 Å². The van der Waals surface area contributed by atoms with Crippen molar-refractivity contribution in [2.45, 2.75) is 13.3 Å². The lowest BCUT2D eigenvalue weighted by Crippen LogP contribution is -2.04. The number of ether oxygens (including phenoxy) is 1. The fourth-order valence-electron chi connectivity index (χ4n) is 1.39. The van der Waals surface area contributed by atoms with E-state index >= 15 is 0 Å². The first kappa shape index (κ1) is 13.7. The van der Waals surface area contributed by atoms with Crippen LogP contribution in [0.2, 0.25) is 0 Å². The topological polar surface area (TPSA) is 47.0 Å². The van der Waals surface area contributed by atoms with Gasteiger partial charge in [-0.05, 0) is 34.5 Å². The Hall–Kier alpha value is -1.69. The molecule has 0 amide bonds. The minimum absolute atomic E-state index is 0.361. The Morgan fingerprint density at radius 3 is 3.00 bits per heavy atom. The fraction of sp³-hybridized carbons (Fsp3) is 0.231. The molecule has 0 bridgehead atoms. The summed E-state index contributed by atoms with van der Waals surface area (Å²) in [6.45, 7) is 2.84. The van der Waals surface area contributed by atoms with Crippen LogP contribution in [0, 0.1) is 5.82 Å². The summed E-state index contributed by atoms with van der Waals surface area (Å²) in [4.78, 5) is 8.26. The molecule has 0 unspecified atom stereocenters. The van der Waals surface area contributed by atoms with E-state index in [9.17, 15) is 4.39 Å². The Morgan fingerprint density at radius 1 is 1.37 bits per heavy atom. The molecule has 0 fully saturated rings. The molecule has 6 heteroatoms. The van der Waals surface area contributed by atoms with Gasteiger partial charge in [0.2, 0.25) is 11.8 Å². The molecule has 0 saturated carbocycles. The van der Waals surface area contributed by atoms with E-state index in [-0.39, 0.29) is 5.82 Å². The normalized spacial score (nSPS) is 10.3. The number of aromatic nitrogens is 2. The molecule has 1 N–H and O–H groups in total. The van der Waals surface area contributed by atoms with E-state index in [0.29, 0.717) is 22.1 Å². The summed E-state index contributed by atoms with van der Waals surface area (Å²) in [6, 6.07) is 5.85. The highest BCUT2D eigenvalue weighted by Gasteiger charge is 2.06. The molecule has 0 spiro atoms. The number of rotatable bonds is 5. The predicted octanol–water partition coefficient (Wildman–Crippen LogP) is 3.99. The molecule has 2 aromatic rings. The van der Waals surface area contributed by atoms with Crippen LogP contribution in [0.25, 0.3) is 0 Å². The molecule has 100 valence electrons. The standard InChI is InChI=1S/C13H13BrFN3O/c1-2-6-16-13-17-7-5-12(18-13)19-11-8-9(15)3-4-10(11)14/h3-5,7-8H,2,6H2,1H3,(H,16,17,18). The number of nitrogens with zero attached hydrogens (tertiary/aromatic N) is 2. The highest BCUT2D eigenvalue weighted by molar-refractivity contribution is 9.10. The van der Waals surface area contributed by atoms with Crippen LogP contribution in [0.3, 0.4) is 0 Å². The highest BCUT2D eigenvalue weighted by atomic mass is 79.9. The molecule has 0 aliphatic carbocycles. The predicted molar refractivity (Wildman–Crippen MR) is 75.0 cm³/mol. The van der Waals surface area contributed by atoms with E-state index < -0.39 is 0 Å². The van der Waals surface area contributed by atoms with E-state index in [1.807, 2.05) is 0 Å². The molecule has 0 atom stereocenters. The van der Waals surface area contributed by atoms with Crippen LogP contribution in [0.5, 0.6) is 11.6 Å². The summed E-state index contributed by atoms with van der Waals surface area (Å²) in [5.41, 5.74) is 0. The Morgan fingerprint density at radius 2 is 2.21 bits per heavy atom. The zero-order valence-corrected chi connectivity index (χ0v) is 11.9. The third-order valence-electron chi connectivity index (χ3n) is 2.27. The van der Waals surface area contributed by atoms with E-state index in [2.05, 4.69) is 38.1 Å². The maximum absolute atomic E-state index is 13.1. The van der Waals surface area contributed by atoms with Crippen molar-refractivity contribution in [1.82, 2.24) is 9.97 Å². The first-order valence-corrected chi connectivity index (χ1v) is 6.68. The van der Waals surface area contributed by atoms with Crippen molar-refractivity contribution in [2.24, 2.45) is 0 Å². The Balaban J connectivity index is 2.16. The van der Waals surface area contributed by atoms with Gasteiger partial charge in [-0.1, -0.05) is 6.92 Å². The second kappa shape index (κ2) is 6.47. The van der Waals surface area contributed by atoms with Crippen molar-refractivity contribution < 1.29 is 9.13 Å². The summed E-state index contributed by atoms with van der Waals surface area (Å²) < 4.78 is 19.3. The molecule has 19 heavy (non-hydrogen) atoms. The van der Waals surface area contributed by atoms with Crippen LogP contribution in [-0.4, -0.2) is 16.5 Å². The average molecular weight is 326 g/mol. The highest BCUT2D eigenvalue weighted by Crippen LogP contribution is 2.29. The van der Waals surface area contributed by atoms with Crippen LogP contribution >= 0.6 is 15.9 Å². The average Bonchev–Trinajstić information content (AvgIpc) is 2.41. The lowest BCUT2D eigenvalue weighted by atomic mass is 10.3. The van der Waals surface area contributed by atoms with Crippen molar-refractivity contribution in [3.63, 3.8) is 0 Å². The van der Waals surface area contributed by atoms with E-state index in [1.165, 1.54) is 12.1 Å².